The number of rotatable bonds is 2. The van der Waals surface area contributed by atoms with E-state index in [2.05, 4.69) is 11.9 Å². The lowest BCUT2D eigenvalue weighted by atomic mass is 10.6. The Bertz CT molecular complexity index is 28.7. The summed E-state index contributed by atoms with van der Waals surface area (Å²) in [6.07, 6.45) is 1.82. The van der Waals surface area contributed by atoms with Crippen molar-refractivity contribution < 1.29 is 0 Å². The van der Waals surface area contributed by atoms with Crippen LogP contribution in [0.3, 0.4) is 0 Å². The lowest BCUT2D eigenvalue weighted by molar-refractivity contribution is 0.921. The zero-order chi connectivity index (χ0) is 4.12. The van der Waals surface area contributed by atoms with Crippen LogP contribution in [0, 0.1) is 0 Å². The molecule has 0 radical (unpaired) electrons. The molecule has 0 rings (SSSR count). The molecule has 2 heteroatoms. The molecule has 0 bridgehead atoms. The number of hydrogen-bond acceptors (Lipinski definition) is 1. The first-order valence-electron chi connectivity index (χ1n) is 1.67. The minimum atomic E-state index is 0. The zero-order valence-corrected chi connectivity index (χ0v) is 5.61. The highest BCUT2D eigenvalue weighted by molar-refractivity contribution is 8.93. The first kappa shape index (κ1) is 9.49. The number of likely N-dealkylation sites (N-methyl/N-ethyl adjacent to an activating group) is 1. The number of nitrogens with one attached hydrogen (secondary N) is 1. The van der Waals surface area contributed by atoms with Crippen molar-refractivity contribution in [3.8, 4) is 0 Å². The first-order chi connectivity index (χ1) is 2.41. The van der Waals surface area contributed by atoms with E-state index in [9.17, 15) is 0 Å². The van der Waals surface area contributed by atoms with Crippen LogP contribution in [0.2, 0.25) is 0 Å². The summed E-state index contributed by atoms with van der Waals surface area (Å²) in [5.74, 6) is 0. The lowest BCUT2D eigenvalue weighted by Crippen LogP contribution is -2.02. The van der Waals surface area contributed by atoms with Gasteiger partial charge in [-0.15, -0.1) is 23.6 Å². The first-order valence-corrected chi connectivity index (χ1v) is 1.67. The standard InChI is InChI=1S/C4H9N.BrH/c1-3-4-5-2;/h3,5H,1,4H2,2H3;1H. The highest BCUT2D eigenvalue weighted by Crippen LogP contribution is 1.48. The van der Waals surface area contributed by atoms with Crippen LogP contribution >= 0.6 is 17.0 Å². The van der Waals surface area contributed by atoms with Gasteiger partial charge in [-0.3, -0.25) is 0 Å². The summed E-state index contributed by atoms with van der Waals surface area (Å²) in [6, 6.07) is 0. The van der Waals surface area contributed by atoms with Crippen LogP contribution in [-0.2, 0) is 0 Å². The van der Waals surface area contributed by atoms with Gasteiger partial charge in [0.1, 0.15) is 0 Å². The Morgan fingerprint density at radius 3 is 2.33 bits per heavy atom. The van der Waals surface area contributed by atoms with Gasteiger partial charge >= 0.3 is 0 Å². The molecule has 6 heavy (non-hydrogen) atoms. The molecule has 38 valence electrons. The molecule has 0 saturated heterocycles. The van der Waals surface area contributed by atoms with Gasteiger partial charge in [0.15, 0.2) is 0 Å². The van der Waals surface area contributed by atoms with Gasteiger partial charge in [0.05, 0.1) is 0 Å². The molecule has 0 aliphatic carbocycles. The van der Waals surface area contributed by atoms with Crippen molar-refractivity contribution >= 4 is 17.0 Å². The molecule has 0 heterocycles. The molecular weight excluding hydrogens is 142 g/mol. The minimum absolute atomic E-state index is 0. The van der Waals surface area contributed by atoms with Gasteiger partial charge in [0.2, 0.25) is 0 Å². The van der Waals surface area contributed by atoms with E-state index in [-0.39, 0.29) is 17.0 Å². The van der Waals surface area contributed by atoms with Crippen molar-refractivity contribution in [2.24, 2.45) is 0 Å². The Kier molecular flexibility index (Phi) is 14.2. The molecule has 0 aromatic heterocycles. The van der Waals surface area contributed by atoms with Crippen molar-refractivity contribution in [2.45, 2.75) is 0 Å². The zero-order valence-electron chi connectivity index (χ0n) is 3.90. The molecule has 0 amide bonds. The predicted molar refractivity (Wildman–Crippen MR) is 34.4 cm³/mol. The molecule has 0 saturated carbocycles. The molecular formula is C4H10BrN. The SMILES string of the molecule is Br.C=CCNC. The molecule has 1 N–H and O–H groups in total. The minimum Gasteiger partial charge on any atom is -0.316 e. The fraction of sp³-hybridized carbons (Fsp3) is 0.500. The summed E-state index contributed by atoms with van der Waals surface area (Å²) in [5, 5.41) is 2.90. The van der Waals surface area contributed by atoms with E-state index >= 15 is 0 Å². The Morgan fingerprint density at radius 1 is 1.83 bits per heavy atom. The maximum absolute atomic E-state index is 3.49. The predicted octanol–water partition coefficient (Wildman–Crippen LogP) is 0.970. The molecule has 0 fully saturated rings. The average molecular weight is 152 g/mol. The van der Waals surface area contributed by atoms with E-state index < -0.39 is 0 Å². The van der Waals surface area contributed by atoms with Crippen molar-refractivity contribution in [2.75, 3.05) is 13.6 Å². The van der Waals surface area contributed by atoms with Gasteiger partial charge in [0.25, 0.3) is 0 Å². The van der Waals surface area contributed by atoms with E-state index in [4.69, 9.17) is 0 Å². The van der Waals surface area contributed by atoms with E-state index in [1.54, 1.807) is 0 Å². The third-order valence-corrected chi connectivity index (χ3v) is 0.348. The summed E-state index contributed by atoms with van der Waals surface area (Å²) in [4.78, 5) is 0. The third kappa shape index (κ3) is 8.89. The second kappa shape index (κ2) is 8.95. The Morgan fingerprint density at radius 2 is 2.33 bits per heavy atom. The highest BCUT2D eigenvalue weighted by Gasteiger charge is 1.56. The fourth-order valence-corrected chi connectivity index (χ4v) is 0.144. The topological polar surface area (TPSA) is 12.0 Å². The lowest BCUT2D eigenvalue weighted by Gasteiger charge is -1.79. The summed E-state index contributed by atoms with van der Waals surface area (Å²) in [6.45, 7) is 4.39. The van der Waals surface area contributed by atoms with Gasteiger partial charge in [-0.2, -0.15) is 0 Å². The number of halogens is 1. The normalized spacial score (nSPS) is 6.17. The van der Waals surface area contributed by atoms with E-state index in [1.165, 1.54) is 0 Å². The monoisotopic (exact) mass is 151 g/mol. The average Bonchev–Trinajstić information content (AvgIpc) is 1.41. The summed E-state index contributed by atoms with van der Waals surface area (Å²) in [5.41, 5.74) is 0. The smallest absolute Gasteiger partial charge is 0.0129 e. The second-order valence-electron chi connectivity index (χ2n) is 0.846. The van der Waals surface area contributed by atoms with Gasteiger partial charge in [-0.1, -0.05) is 6.08 Å². The van der Waals surface area contributed by atoms with Crippen molar-refractivity contribution in [3.05, 3.63) is 12.7 Å². The Balaban J connectivity index is 0. The Labute approximate surface area is 49.2 Å². The fourth-order valence-electron chi connectivity index (χ4n) is 0.144. The second-order valence-corrected chi connectivity index (χ2v) is 0.846. The highest BCUT2D eigenvalue weighted by atomic mass is 79.9. The number of hydrogen-bond donors (Lipinski definition) is 1. The van der Waals surface area contributed by atoms with Crippen LogP contribution in [-0.4, -0.2) is 13.6 Å². The summed E-state index contributed by atoms with van der Waals surface area (Å²) >= 11 is 0. The molecule has 0 aromatic carbocycles. The molecule has 0 atom stereocenters. The van der Waals surface area contributed by atoms with Gasteiger partial charge in [-0.25, -0.2) is 0 Å². The van der Waals surface area contributed by atoms with Gasteiger partial charge in [-0.05, 0) is 7.05 Å². The maximum atomic E-state index is 3.49. The van der Waals surface area contributed by atoms with Crippen molar-refractivity contribution in [1.82, 2.24) is 5.32 Å². The summed E-state index contributed by atoms with van der Waals surface area (Å²) < 4.78 is 0. The van der Waals surface area contributed by atoms with Crippen LogP contribution in [0.25, 0.3) is 0 Å². The van der Waals surface area contributed by atoms with Crippen molar-refractivity contribution in [3.63, 3.8) is 0 Å². The van der Waals surface area contributed by atoms with Crippen molar-refractivity contribution in [1.29, 1.82) is 0 Å². The van der Waals surface area contributed by atoms with Gasteiger partial charge in [0, 0.05) is 6.54 Å². The Hall–Kier alpha value is 0.180. The van der Waals surface area contributed by atoms with Crippen LogP contribution < -0.4 is 5.32 Å². The quantitative estimate of drug-likeness (QED) is 0.581. The largest absolute Gasteiger partial charge is 0.316 e. The molecule has 0 aliphatic rings. The van der Waals surface area contributed by atoms with Crippen LogP contribution in [0.4, 0.5) is 0 Å². The van der Waals surface area contributed by atoms with Gasteiger partial charge < -0.3 is 5.32 Å². The van der Waals surface area contributed by atoms with E-state index in [1.807, 2.05) is 13.1 Å². The maximum Gasteiger partial charge on any atom is 0.0129 e. The molecule has 0 aliphatic heterocycles. The van der Waals surface area contributed by atoms with Crippen LogP contribution in [0.15, 0.2) is 12.7 Å². The molecule has 0 spiro atoms. The molecule has 1 nitrogen and oxygen atoms in total. The molecule has 0 unspecified atom stereocenters. The van der Waals surface area contributed by atoms with Crippen LogP contribution in [0.5, 0.6) is 0 Å². The molecule has 0 aromatic rings. The summed E-state index contributed by atoms with van der Waals surface area (Å²) in [7, 11) is 1.89. The third-order valence-electron chi connectivity index (χ3n) is 0.348. The van der Waals surface area contributed by atoms with E-state index in [0.29, 0.717) is 0 Å². The van der Waals surface area contributed by atoms with Crippen LogP contribution in [0.1, 0.15) is 0 Å². The van der Waals surface area contributed by atoms with E-state index in [0.717, 1.165) is 6.54 Å².